The molecule has 8 N–H and O–H groups in total. The Kier molecular flexibility index (Phi) is 10.4. The van der Waals surface area contributed by atoms with Gasteiger partial charge in [0.15, 0.2) is 11.5 Å². The highest BCUT2D eigenvalue weighted by Gasteiger charge is 2.53. The lowest BCUT2D eigenvalue weighted by atomic mass is 9.83. The van der Waals surface area contributed by atoms with Crippen LogP contribution in [0.4, 0.5) is 0 Å². The molecule has 45 heavy (non-hydrogen) atoms. The predicted octanol–water partition coefficient (Wildman–Crippen LogP) is -0.168. The average molecular weight is 651 g/mol. The van der Waals surface area contributed by atoms with Crippen molar-refractivity contribution in [2.45, 2.75) is 80.8 Å². The van der Waals surface area contributed by atoms with Crippen LogP contribution in [0.2, 0.25) is 5.02 Å². The van der Waals surface area contributed by atoms with E-state index in [1.54, 1.807) is 24.3 Å². The van der Waals surface area contributed by atoms with Crippen LogP contribution in [0.25, 0.3) is 6.08 Å². The summed E-state index contributed by atoms with van der Waals surface area (Å²) in [4.78, 5) is 12.9. The van der Waals surface area contributed by atoms with Gasteiger partial charge in [-0.05, 0) is 48.4 Å². The molecule has 244 valence electrons. The van der Waals surface area contributed by atoms with Gasteiger partial charge < -0.3 is 65.0 Å². The summed E-state index contributed by atoms with van der Waals surface area (Å²) in [5.41, 5.74) is 1.27. The number of amides is 1. The van der Waals surface area contributed by atoms with Gasteiger partial charge in [0.2, 0.25) is 12.2 Å². The minimum atomic E-state index is -1.53. The van der Waals surface area contributed by atoms with Crippen LogP contribution in [0.15, 0.2) is 48.0 Å². The van der Waals surface area contributed by atoms with Gasteiger partial charge in [-0.3, -0.25) is 4.79 Å². The Balaban J connectivity index is 1.20. The highest BCUT2D eigenvalue weighted by molar-refractivity contribution is 6.30. The molecule has 14 nitrogen and oxygen atoms in total. The second-order valence-corrected chi connectivity index (χ2v) is 11.5. The number of hydrogen-bond donors (Lipinski definition) is 8. The van der Waals surface area contributed by atoms with E-state index in [4.69, 9.17) is 40.7 Å². The van der Waals surface area contributed by atoms with Gasteiger partial charge in [-0.25, -0.2) is 0 Å². The van der Waals surface area contributed by atoms with Crippen LogP contribution < -0.4 is 10.1 Å². The maximum Gasteiger partial charge on any atom is 0.247 e. The Hall–Kier alpha value is -3.15. The van der Waals surface area contributed by atoms with Crippen molar-refractivity contribution in [3.8, 4) is 11.5 Å². The van der Waals surface area contributed by atoms with Gasteiger partial charge in [-0.15, -0.1) is 0 Å². The summed E-state index contributed by atoms with van der Waals surface area (Å²) in [5.74, 6) is -1.10. The fraction of sp³-hybridized carbons (Fsp3) is 0.467. The number of rotatable bonds is 10. The molecule has 0 radical (unpaired) electrons. The molecule has 0 spiro atoms. The third-order valence-corrected chi connectivity index (χ3v) is 8.18. The number of fused-ring (bicyclic) bond motifs is 1. The first kappa shape index (κ1) is 33.2. The molecular formula is C30H35ClN2O12. The SMILES string of the molecule is C/C(=C\c1ccc(OC2OC(C(C=N)OCc3cccc(Cl)c3)C(O)C2O)c(O)c1)C(=O)NC1C(O)C(O)C2OCOC2C1O. The van der Waals surface area contributed by atoms with E-state index in [0.29, 0.717) is 10.6 Å². The summed E-state index contributed by atoms with van der Waals surface area (Å²) in [6, 6.07) is 9.86. The molecule has 11 unspecified atom stereocenters. The second-order valence-electron chi connectivity index (χ2n) is 11.0. The Morgan fingerprint density at radius 1 is 1.04 bits per heavy atom. The number of nitrogens with one attached hydrogen (secondary N) is 2. The molecule has 3 aliphatic rings. The monoisotopic (exact) mass is 650 g/mol. The standard InChI is InChI=1S/C30H35ClN2O12/c1-13(29(40)33-20-21(35)23(37)28-27(22(20)36)42-12-43-28)7-14-5-6-18(17(34)9-14)44-30-25(39)24(38)26(45-30)19(10-32)41-11-15-3-2-4-16(31)8-15/h2-10,19-28,30,32,34-39H,11-12H2,1H3,(H,33,40)/b13-7+,32-10?. The van der Waals surface area contributed by atoms with Crippen LogP contribution in [0.3, 0.4) is 0 Å². The van der Waals surface area contributed by atoms with Crippen LogP contribution >= 0.6 is 11.6 Å². The molecule has 0 aromatic heterocycles. The van der Waals surface area contributed by atoms with E-state index in [-0.39, 0.29) is 30.5 Å². The lowest BCUT2D eigenvalue weighted by Crippen LogP contribution is -2.67. The maximum absolute atomic E-state index is 12.9. The van der Waals surface area contributed by atoms with Gasteiger partial charge in [0.05, 0.1) is 12.6 Å². The third kappa shape index (κ3) is 7.15. The summed E-state index contributed by atoms with van der Waals surface area (Å²) < 4.78 is 27.5. The fourth-order valence-electron chi connectivity index (χ4n) is 5.48. The number of carbonyl (C=O) groups is 1. The molecule has 15 heteroatoms. The number of carbonyl (C=O) groups excluding carboxylic acids is 1. The van der Waals surface area contributed by atoms with Gasteiger partial charge in [0.25, 0.3) is 0 Å². The van der Waals surface area contributed by atoms with Gasteiger partial charge in [-0.1, -0.05) is 29.8 Å². The fourth-order valence-corrected chi connectivity index (χ4v) is 5.70. The molecule has 1 saturated carbocycles. The number of aliphatic hydroxyl groups is 5. The van der Waals surface area contributed by atoms with Gasteiger partial charge >= 0.3 is 0 Å². The van der Waals surface area contributed by atoms with Crippen molar-refractivity contribution in [1.82, 2.24) is 5.32 Å². The minimum absolute atomic E-state index is 0.0656. The van der Waals surface area contributed by atoms with Crippen molar-refractivity contribution in [2.24, 2.45) is 0 Å². The molecule has 2 heterocycles. The lowest BCUT2D eigenvalue weighted by molar-refractivity contribution is -0.155. The van der Waals surface area contributed by atoms with Crippen molar-refractivity contribution >= 4 is 29.8 Å². The Morgan fingerprint density at radius 2 is 1.78 bits per heavy atom. The maximum atomic E-state index is 12.9. The number of ether oxygens (including phenoxy) is 5. The lowest BCUT2D eigenvalue weighted by Gasteiger charge is -2.41. The smallest absolute Gasteiger partial charge is 0.247 e. The molecule has 2 aliphatic heterocycles. The number of halogens is 1. The minimum Gasteiger partial charge on any atom is -0.504 e. The van der Waals surface area contributed by atoms with Gasteiger partial charge in [0, 0.05) is 16.8 Å². The first-order valence-electron chi connectivity index (χ1n) is 14.1. The van der Waals surface area contributed by atoms with Crippen LogP contribution in [0.1, 0.15) is 18.1 Å². The van der Waals surface area contributed by atoms with Crippen molar-refractivity contribution < 1.29 is 59.1 Å². The van der Waals surface area contributed by atoms with Crippen LogP contribution in [0.5, 0.6) is 11.5 Å². The second kappa shape index (κ2) is 14.1. The highest BCUT2D eigenvalue weighted by Crippen LogP contribution is 2.34. The molecule has 1 amide bonds. The molecule has 2 aromatic carbocycles. The number of hydrogen-bond acceptors (Lipinski definition) is 13. The van der Waals surface area contributed by atoms with Crippen molar-refractivity contribution in [3.05, 3.63) is 64.2 Å². The number of benzene rings is 2. The Labute approximate surface area is 262 Å². The van der Waals surface area contributed by atoms with E-state index >= 15 is 0 Å². The van der Waals surface area contributed by atoms with Gasteiger partial charge in [0.1, 0.15) is 61.7 Å². The predicted molar refractivity (Wildman–Crippen MR) is 156 cm³/mol. The van der Waals surface area contributed by atoms with E-state index in [2.05, 4.69) is 5.32 Å². The molecule has 0 bridgehead atoms. The summed E-state index contributed by atoms with van der Waals surface area (Å²) in [7, 11) is 0. The number of aliphatic hydroxyl groups excluding tert-OH is 5. The normalized spacial score (nSPS) is 33.8. The largest absolute Gasteiger partial charge is 0.504 e. The Bertz CT molecular complexity index is 1410. The van der Waals surface area contributed by atoms with Crippen molar-refractivity contribution in [3.63, 3.8) is 0 Å². The van der Waals surface area contributed by atoms with E-state index < -0.39 is 73.2 Å². The third-order valence-electron chi connectivity index (χ3n) is 7.95. The summed E-state index contributed by atoms with van der Waals surface area (Å²) in [6.45, 7) is 1.39. The first-order valence-corrected chi connectivity index (χ1v) is 14.5. The zero-order valence-electron chi connectivity index (χ0n) is 24.0. The molecule has 3 fully saturated rings. The number of phenolic OH excluding ortho intramolecular Hbond substituents is 1. The highest BCUT2D eigenvalue weighted by atomic mass is 35.5. The Morgan fingerprint density at radius 3 is 2.47 bits per heavy atom. The van der Waals surface area contributed by atoms with Gasteiger partial charge in [-0.2, -0.15) is 0 Å². The molecule has 2 saturated heterocycles. The summed E-state index contributed by atoms with van der Waals surface area (Å²) in [5, 5.41) is 73.9. The molecular weight excluding hydrogens is 616 g/mol. The van der Waals surface area contributed by atoms with Crippen molar-refractivity contribution in [1.29, 1.82) is 5.41 Å². The molecule has 11 atom stereocenters. The van der Waals surface area contributed by atoms with E-state index in [1.807, 2.05) is 0 Å². The van der Waals surface area contributed by atoms with Crippen LogP contribution in [-0.4, -0.2) is 117 Å². The summed E-state index contributed by atoms with van der Waals surface area (Å²) >= 11 is 6.00. The topological polar surface area (TPSA) is 220 Å². The van der Waals surface area contributed by atoms with Crippen LogP contribution in [-0.2, 0) is 30.3 Å². The quantitative estimate of drug-likeness (QED) is 0.124. The van der Waals surface area contributed by atoms with Crippen molar-refractivity contribution in [2.75, 3.05) is 6.79 Å². The molecule has 1 aliphatic carbocycles. The zero-order valence-corrected chi connectivity index (χ0v) is 24.7. The number of phenols is 1. The van der Waals surface area contributed by atoms with E-state index in [1.165, 1.54) is 31.2 Å². The van der Waals surface area contributed by atoms with E-state index in [0.717, 1.165) is 11.8 Å². The summed E-state index contributed by atoms with van der Waals surface area (Å²) in [6.07, 6.45) is -10.3. The molecule has 5 rings (SSSR count). The van der Waals surface area contributed by atoms with Crippen LogP contribution in [0, 0.1) is 5.41 Å². The van der Waals surface area contributed by atoms with E-state index in [9.17, 15) is 35.4 Å². The zero-order chi connectivity index (χ0) is 32.4. The number of aromatic hydroxyl groups is 1. The average Bonchev–Trinajstić information content (AvgIpc) is 3.61. The molecule has 2 aromatic rings. The first-order chi connectivity index (χ1) is 21.5.